The number of aryl methyl sites for hydroxylation is 1. The molecule has 0 saturated heterocycles. The predicted octanol–water partition coefficient (Wildman–Crippen LogP) is 3.67. The second kappa shape index (κ2) is 5.40. The van der Waals surface area contributed by atoms with Crippen molar-refractivity contribution in [3.63, 3.8) is 0 Å². The number of hydrogen-bond donors (Lipinski definition) is 0. The van der Waals surface area contributed by atoms with Crippen molar-refractivity contribution in [3.8, 4) is 0 Å². The average molecular weight is 283 g/mol. The van der Waals surface area contributed by atoms with E-state index in [0.717, 1.165) is 10.9 Å². The highest BCUT2D eigenvalue weighted by Crippen LogP contribution is 2.21. The molecule has 0 N–H and O–H groups in total. The summed E-state index contributed by atoms with van der Waals surface area (Å²) in [5.74, 6) is -0.821. The maximum absolute atomic E-state index is 13.5. The molecule has 0 fully saturated rings. The van der Waals surface area contributed by atoms with Crippen molar-refractivity contribution >= 4 is 16.9 Å². The fraction of sp³-hybridized carbons (Fsp3) is 0.118. The predicted molar refractivity (Wildman–Crippen MR) is 78.4 cm³/mol. The van der Waals surface area contributed by atoms with Crippen LogP contribution in [-0.4, -0.2) is 10.5 Å². The Bertz CT molecular complexity index is 807. The first-order valence-electron chi connectivity index (χ1n) is 6.61. The molecule has 1 heterocycles. The fourth-order valence-electron chi connectivity index (χ4n) is 2.34. The van der Waals surface area contributed by atoms with Crippen LogP contribution >= 0.6 is 0 Å². The highest BCUT2D eigenvalue weighted by atomic mass is 19.1. The van der Waals surface area contributed by atoms with Crippen molar-refractivity contribution in [3.05, 3.63) is 71.7 Å². The molecule has 0 unspecified atom stereocenters. The summed E-state index contributed by atoms with van der Waals surface area (Å²) in [6.07, 6.45) is 1.73. The minimum absolute atomic E-state index is 0.0747. The van der Waals surface area contributed by atoms with Crippen molar-refractivity contribution in [1.29, 1.82) is 0 Å². The minimum atomic E-state index is -0.449. The van der Waals surface area contributed by atoms with Gasteiger partial charge in [-0.05, 0) is 12.1 Å². The number of esters is 1. The summed E-state index contributed by atoms with van der Waals surface area (Å²) in [5.41, 5.74) is 1.81. The van der Waals surface area contributed by atoms with Crippen LogP contribution in [0.15, 0.2) is 54.7 Å². The summed E-state index contributed by atoms with van der Waals surface area (Å²) in [6, 6.07) is 13.9. The summed E-state index contributed by atoms with van der Waals surface area (Å²) in [7, 11) is 1.87. The fourth-order valence-corrected chi connectivity index (χ4v) is 2.34. The molecule has 1 aromatic heterocycles. The monoisotopic (exact) mass is 283 g/mol. The number of halogens is 1. The molecule has 0 bridgehead atoms. The third-order valence-corrected chi connectivity index (χ3v) is 3.43. The van der Waals surface area contributed by atoms with Gasteiger partial charge in [-0.15, -0.1) is 0 Å². The highest BCUT2D eigenvalue weighted by Gasteiger charge is 2.15. The first kappa shape index (κ1) is 13.4. The number of nitrogens with zero attached hydrogens (tertiary/aromatic N) is 1. The van der Waals surface area contributed by atoms with Gasteiger partial charge >= 0.3 is 5.97 Å². The Kier molecular flexibility index (Phi) is 3.44. The van der Waals surface area contributed by atoms with Crippen molar-refractivity contribution in [1.82, 2.24) is 4.57 Å². The van der Waals surface area contributed by atoms with Gasteiger partial charge in [0.1, 0.15) is 12.4 Å². The lowest BCUT2D eigenvalue weighted by molar-refractivity contribution is 0.0471. The molecule has 0 spiro atoms. The van der Waals surface area contributed by atoms with Crippen molar-refractivity contribution < 1.29 is 13.9 Å². The molecule has 0 atom stereocenters. The van der Waals surface area contributed by atoms with Gasteiger partial charge in [-0.1, -0.05) is 36.4 Å². The third kappa shape index (κ3) is 2.52. The van der Waals surface area contributed by atoms with Crippen LogP contribution in [0.4, 0.5) is 4.39 Å². The lowest BCUT2D eigenvalue weighted by atomic mass is 10.2. The van der Waals surface area contributed by atoms with E-state index < -0.39 is 5.97 Å². The van der Waals surface area contributed by atoms with Gasteiger partial charge in [0.2, 0.25) is 0 Å². The lowest BCUT2D eigenvalue weighted by Crippen LogP contribution is -2.05. The summed E-state index contributed by atoms with van der Waals surface area (Å²) in [4.78, 5) is 12.2. The molecule has 0 aliphatic heterocycles. The van der Waals surface area contributed by atoms with E-state index in [1.165, 1.54) is 6.07 Å². The zero-order valence-corrected chi connectivity index (χ0v) is 11.5. The number of rotatable bonds is 3. The van der Waals surface area contributed by atoms with Crippen LogP contribution in [0.1, 0.15) is 15.9 Å². The van der Waals surface area contributed by atoms with Crippen molar-refractivity contribution in [2.45, 2.75) is 6.61 Å². The van der Waals surface area contributed by atoms with Crippen LogP contribution in [0.5, 0.6) is 0 Å². The molecular weight excluding hydrogens is 269 g/mol. The van der Waals surface area contributed by atoms with Crippen LogP contribution in [0.2, 0.25) is 0 Å². The maximum atomic E-state index is 13.5. The number of ether oxygens (including phenoxy) is 1. The summed E-state index contributed by atoms with van der Waals surface area (Å²) in [6.45, 7) is -0.0747. The highest BCUT2D eigenvalue weighted by molar-refractivity contribution is 6.04. The van der Waals surface area contributed by atoms with E-state index in [2.05, 4.69) is 0 Å². The van der Waals surface area contributed by atoms with Gasteiger partial charge in [0, 0.05) is 29.7 Å². The summed E-state index contributed by atoms with van der Waals surface area (Å²) < 4.78 is 20.6. The smallest absolute Gasteiger partial charge is 0.340 e. The van der Waals surface area contributed by atoms with Gasteiger partial charge in [-0.3, -0.25) is 0 Å². The Morgan fingerprint density at radius 2 is 1.86 bits per heavy atom. The molecular formula is C17H14FNO2. The van der Waals surface area contributed by atoms with E-state index in [0.29, 0.717) is 11.1 Å². The molecule has 0 aliphatic carbocycles. The second-order valence-corrected chi connectivity index (χ2v) is 4.84. The summed E-state index contributed by atoms with van der Waals surface area (Å²) in [5, 5.41) is 0.832. The number of fused-ring (bicyclic) bond motifs is 1. The molecule has 0 saturated carbocycles. The first-order chi connectivity index (χ1) is 10.2. The van der Waals surface area contributed by atoms with Gasteiger partial charge in [-0.25, -0.2) is 9.18 Å². The number of para-hydroxylation sites is 1. The Hall–Kier alpha value is -2.62. The SMILES string of the molecule is Cn1cc(C(=O)OCc2ccccc2F)c2ccccc21. The standard InChI is InChI=1S/C17H14FNO2/c1-19-10-14(13-7-3-5-9-16(13)19)17(20)21-11-12-6-2-4-8-15(12)18/h2-10H,11H2,1H3. The van der Waals surface area contributed by atoms with Gasteiger partial charge in [0.25, 0.3) is 0 Å². The Morgan fingerprint density at radius 3 is 2.67 bits per heavy atom. The van der Waals surface area contributed by atoms with E-state index in [9.17, 15) is 9.18 Å². The molecule has 0 radical (unpaired) electrons. The van der Waals surface area contributed by atoms with Gasteiger partial charge in [0.15, 0.2) is 0 Å². The molecule has 3 nitrogen and oxygen atoms in total. The molecule has 0 amide bonds. The normalized spacial score (nSPS) is 10.8. The van der Waals surface area contributed by atoms with E-state index in [1.807, 2.05) is 35.9 Å². The molecule has 106 valence electrons. The van der Waals surface area contributed by atoms with Gasteiger partial charge < -0.3 is 9.30 Å². The second-order valence-electron chi connectivity index (χ2n) is 4.84. The number of carbonyl (C=O) groups is 1. The van der Waals surface area contributed by atoms with Crippen LogP contribution in [-0.2, 0) is 18.4 Å². The minimum Gasteiger partial charge on any atom is -0.457 e. The maximum Gasteiger partial charge on any atom is 0.340 e. The molecule has 0 aliphatic rings. The number of benzene rings is 2. The Morgan fingerprint density at radius 1 is 1.14 bits per heavy atom. The number of aromatic nitrogens is 1. The van der Waals surface area contributed by atoms with Crippen LogP contribution in [0, 0.1) is 5.82 Å². The molecule has 3 aromatic rings. The van der Waals surface area contributed by atoms with Crippen LogP contribution < -0.4 is 0 Å². The largest absolute Gasteiger partial charge is 0.457 e. The molecule has 4 heteroatoms. The average Bonchev–Trinajstić information content (AvgIpc) is 2.84. The van der Waals surface area contributed by atoms with Crippen molar-refractivity contribution in [2.24, 2.45) is 7.05 Å². The Balaban J connectivity index is 1.83. The molecule has 3 rings (SSSR count). The van der Waals surface area contributed by atoms with Gasteiger partial charge in [-0.2, -0.15) is 0 Å². The van der Waals surface area contributed by atoms with E-state index in [4.69, 9.17) is 4.74 Å². The molecule has 2 aromatic carbocycles. The lowest BCUT2D eigenvalue weighted by Gasteiger charge is -2.05. The van der Waals surface area contributed by atoms with Crippen LogP contribution in [0.25, 0.3) is 10.9 Å². The Labute approximate surface area is 121 Å². The quantitative estimate of drug-likeness (QED) is 0.687. The molecule has 21 heavy (non-hydrogen) atoms. The van der Waals surface area contributed by atoms with Crippen molar-refractivity contribution in [2.75, 3.05) is 0 Å². The topological polar surface area (TPSA) is 31.2 Å². The first-order valence-corrected chi connectivity index (χ1v) is 6.61. The van der Waals surface area contributed by atoms with Crippen LogP contribution in [0.3, 0.4) is 0 Å². The van der Waals surface area contributed by atoms with E-state index in [1.54, 1.807) is 24.4 Å². The third-order valence-electron chi connectivity index (χ3n) is 3.43. The van der Waals surface area contributed by atoms with E-state index >= 15 is 0 Å². The van der Waals surface area contributed by atoms with Gasteiger partial charge in [0.05, 0.1) is 5.56 Å². The zero-order chi connectivity index (χ0) is 14.8. The van der Waals surface area contributed by atoms with E-state index in [-0.39, 0.29) is 12.4 Å². The summed E-state index contributed by atoms with van der Waals surface area (Å²) >= 11 is 0. The number of hydrogen-bond acceptors (Lipinski definition) is 2. The number of carbonyl (C=O) groups excluding carboxylic acids is 1. The zero-order valence-electron chi connectivity index (χ0n) is 11.5.